The topological polar surface area (TPSA) is 83.0 Å². The first kappa shape index (κ1) is 18.6. The molecule has 5 nitrogen and oxygen atoms in total. The van der Waals surface area contributed by atoms with Crippen LogP contribution in [0.15, 0.2) is 36.5 Å². The van der Waals surface area contributed by atoms with Crippen molar-refractivity contribution in [2.75, 3.05) is 0 Å². The zero-order valence-electron chi connectivity index (χ0n) is 14.2. The van der Waals surface area contributed by atoms with Gasteiger partial charge in [0.2, 0.25) is 5.78 Å². The van der Waals surface area contributed by atoms with E-state index in [1.54, 1.807) is 12.1 Å². The van der Waals surface area contributed by atoms with Crippen molar-refractivity contribution >= 4 is 22.7 Å². The summed E-state index contributed by atoms with van der Waals surface area (Å²) < 4.78 is 39.1. The van der Waals surface area contributed by atoms with Gasteiger partial charge >= 0.3 is 12.1 Å². The SMILES string of the molecule is CCc1ccnc(C(=O)c2[nH]c3ccc(C(F)(F)F)cc3c2CC(=O)O)c1. The number of nitrogens with one attached hydrogen (secondary N) is 1. The van der Waals surface area contributed by atoms with Crippen LogP contribution in [0.3, 0.4) is 0 Å². The zero-order valence-corrected chi connectivity index (χ0v) is 14.2. The number of carboxylic acid groups (broad SMARTS) is 1. The second kappa shape index (κ2) is 6.86. The standard InChI is InChI=1S/C19H15F3N2O3/c1-2-10-5-6-23-15(7-10)18(27)17-13(9-16(25)26)12-8-11(19(20,21)22)3-4-14(12)24-17/h3-8,24H,2,9H2,1H3,(H,25,26). The third-order valence-corrected chi connectivity index (χ3v) is 4.25. The Balaban J connectivity index is 2.19. The highest BCUT2D eigenvalue weighted by Crippen LogP contribution is 2.34. The number of aliphatic carboxylic acids is 1. The number of pyridine rings is 1. The van der Waals surface area contributed by atoms with Crippen LogP contribution in [-0.2, 0) is 23.8 Å². The van der Waals surface area contributed by atoms with Gasteiger partial charge in [0.05, 0.1) is 17.7 Å². The third-order valence-electron chi connectivity index (χ3n) is 4.25. The number of hydrogen-bond acceptors (Lipinski definition) is 3. The number of hydrogen-bond donors (Lipinski definition) is 2. The lowest BCUT2D eigenvalue weighted by molar-refractivity contribution is -0.137. The van der Waals surface area contributed by atoms with E-state index in [0.29, 0.717) is 6.42 Å². The fourth-order valence-electron chi connectivity index (χ4n) is 2.90. The molecule has 2 heterocycles. The van der Waals surface area contributed by atoms with Gasteiger partial charge in [0.1, 0.15) is 5.69 Å². The predicted octanol–water partition coefficient (Wildman–Crippen LogP) is 4.00. The molecular formula is C19H15F3N2O3. The molecule has 0 atom stereocenters. The molecule has 0 aliphatic heterocycles. The van der Waals surface area contributed by atoms with Crippen molar-refractivity contribution in [1.82, 2.24) is 9.97 Å². The number of halogens is 3. The molecule has 0 bridgehead atoms. The highest BCUT2D eigenvalue weighted by molar-refractivity contribution is 6.11. The van der Waals surface area contributed by atoms with Gasteiger partial charge in [0.15, 0.2) is 0 Å². The zero-order chi connectivity index (χ0) is 19.8. The Morgan fingerprint density at radius 2 is 1.93 bits per heavy atom. The lowest BCUT2D eigenvalue weighted by atomic mass is 10.0. The first-order valence-corrected chi connectivity index (χ1v) is 8.14. The number of aromatic nitrogens is 2. The number of rotatable bonds is 5. The number of ketones is 1. The van der Waals surface area contributed by atoms with Crippen LogP contribution in [0.2, 0.25) is 0 Å². The second-order valence-electron chi connectivity index (χ2n) is 6.04. The van der Waals surface area contributed by atoms with Crippen LogP contribution in [0.25, 0.3) is 10.9 Å². The number of benzene rings is 1. The summed E-state index contributed by atoms with van der Waals surface area (Å²) in [6, 6.07) is 6.26. The Labute approximate surface area is 151 Å². The van der Waals surface area contributed by atoms with Crippen LogP contribution in [0, 0.1) is 0 Å². The van der Waals surface area contributed by atoms with Gasteiger partial charge in [0, 0.05) is 22.7 Å². The van der Waals surface area contributed by atoms with E-state index in [1.807, 2.05) is 6.92 Å². The van der Waals surface area contributed by atoms with Crippen LogP contribution < -0.4 is 0 Å². The Kier molecular flexibility index (Phi) is 4.73. The Morgan fingerprint density at radius 1 is 1.19 bits per heavy atom. The van der Waals surface area contributed by atoms with E-state index in [2.05, 4.69) is 9.97 Å². The van der Waals surface area contributed by atoms with Crippen molar-refractivity contribution in [1.29, 1.82) is 0 Å². The van der Waals surface area contributed by atoms with Crippen molar-refractivity contribution in [3.8, 4) is 0 Å². The third kappa shape index (κ3) is 3.69. The molecule has 0 fully saturated rings. The highest BCUT2D eigenvalue weighted by atomic mass is 19.4. The summed E-state index contributed by atoms with van der Waals surface area (Å²) in [6.45, 7) is 1.90. The number of fused-ring (bicyclic) bond motifs is 1. The predicted molar refractivity (Wildman–Crippen MR) is 91.7 cm³/mol. The number of carbonyl (C=O) groups excluding carboxylic acids is 1. The molecule has 0 aliphatic rings. The minimum atomic E-state index is -4.58. The average Bonchev–Trinajstić information content (AvgIpc) is 2.97. The molecule has 3 aromatic rings. The van der Waals surface area contributed by atoms with Gasteiger partial charge in [-0.25, -0.2) is 0 Å². The quantitative estimate of drug-likeness (QED) is 0.660. The van der Waals surface area contributed by atoms with E-state index in [-0.39, 0.29) is 27.9 Å². The van der Waals surface area contributed by atoms with E-state index in [4.69, 9.17) is 5.11 Å². The van der Waals surface area contributed by atoms with Gasteiger partial charge in [0.25, 0.3) is 0 Å². The van der Waals surface area contributed by atoms with E-state index in [1.165, 1.54) is 12.3 Å². The number of nitrogens with zero attached hydrogens (tertiary/aromatic N) is 1. The Bertz CT molecular complexity index is 1040. The van der Waals surface area contributed by atoms with Crippen molar-refractivity contribution in [2.45, 2.75) is 25.9 Å². The normalized spacial score (nSPS) is 11.7. The number of aromatic amines is 1. The largest absolute Gasteiger partial charge is 0.481 e. The molecule has 0 unspecified atom stereocenters. The summed E-state index contributed by atoms with van der Waals surface area (Å²) >= 11 is 0. The van der Waals surface area contributed by atoms with Gasteiger partial charge < -0.3 is 10.1 Å². The van der Waals surface area contributed by atoms with E-state index < -0.39 is 29.9 Å². The molecule has 140 valence electrons. The summed E-state index contributed by atoms with van der Waals surface area (Å²) in [4.78, 5) is 30.9. The van der Waals surface area contributed by atoms with Crippen molar-refractivity contribution < 1.29 is 27.9 Å². The molecular weight excluding hydrogens is 361 g/mol. The minimum absolute atomic E-state index is 0.0114. The first-order valence-electron chi connectivity index (χ1n) is 8.14. The van der Waals surface area contributed by atoms with Crippen molar-refractivity contribution in [3.05, 3.63) is 64.6 Å². The maximum Gasteiger partial charge on any atom is 0.416 e. The van der Waals surface area contributed by atoms with Crippen molar-refractivity contribution in [3.63, 3.8) is 0 Å². The summed E-state index contributed by atoms with van der Waals surface area (Å²) in [5.74, 6) is -1.82. The Hall–Kier alpha value is -3.16. The summed E-state index contributed by atoms with van der Waals surface area (Å²) in [6.07, 6.45) is -3.03. The van der Waals surface area contributed by atoms with Gasteiger partial charge in [-0.05, 0) is 42.3 Å². The molecule has 1 aromatic carbocycles. The Morgan fingerprint density at radius 3 is 2.56 bits per heavy atom. The summed E-state index contributed by atoms with van der Waals surface area (Å²) in [5, 5.41) is 9.23. The van der Waals surface area contributed by atoms with Crippen LogP contribution in [-0.4, -0.2) is 26.8 Å². The van der Waals surface area contributed by atoms with E-state index in [9.17, 15) is 22.8 Å². The number of aryl methyl sites for hydroxylation is 1. The number of carboxylic acids is 1. The number of carbonyl (C=O) groups is 2. The van der Waals surface area contributed by atoms with Crippen LogP contribution in [0.5, 0.6) is 0 Å². The molecule has 2 N–H and O–H groups in total. The van der Waals surface area contributed by atoms with Crippen LogP contribution in [0.1, 0.15) is 39.8 Å². The van der Waals surface area contributed by atoms with Gasteiger partial charge in [-0.2, -0.15) is 13.2 Å². The van der Waals surface area contributed by atoms with Crippen molar-refractivity contribution in [2.24, 2.45) is 0 Å². The molecule has 27 heavy (non-hydrogen) atoms. The molecule has 0 aliphatic carbocycles. The molecule has 2 aromatic heterocycles. The molecule has 0 radical (unpaired) electrons. The van der Waals surface area contributed by atoms with Gasteiger partial charge in [-0.15, -0.1) is 0 Å². The molecule has 0 saturated carbocycles. The number of alkyl halides is 3. The van der Waals surface area contributed by atoms with Gasteiger partial charge in [-0.3, -0.25) is 14.6 Å². The van der Waals surface area contributed by atoms with E-state index >= 15 is 0 Å². The summed E-state index contributed by atoms with van der Waals surface area (Å²) in [5.41, 5.74) is 0.261. The first-order chi connectivity index (χ1) is 12.7. The second-order valence-corrected chi connectivity index (χ2v) is 6.04. The fourth-order valence-corrected chi connectivity index (χ4v) is 2.90. The molecule has 3 rings (SSSR count). The molecule has 0 spiro atoms. The molecule has 8 heteroatoms. The van der Waals surface area contributed by atoms with Gasteiger partial charge in [-0.1, -0.05) is 6.92 Å². The molecule has 0 saturated heterocycles. The minimum Gasteiger partial charge on any atom is -0.481 e. The maximum absolute atomic E-state index is 13.0. The highest BCUT2D eigenvalue weighted by Gasteiger charge is 2.31. The monoisotopic (exact) mass is 376 g/mol. The summed E-state index contributed by atoms with van der Waals surface area (Å²) in [7, 11) is 0. The smallest absolute Gasteiger partial charge is 0.416 e. The average molecular weight is 376 g/mol. The molecule has 0 amide bonds. The fraction of sp³-hybridized carbons (Fsp3) is 0.211. The van der Waals surface area contributed by atoms with E-state index in [0.717, 1.165) is 17.7 Å². The van der Waals surface area contributed by atoms with Crippen LogP contribution in [0.4, 0.5) is 13.2 Å². The lowest BCUT2D eigenvalue weighted by Crippen LogP contribution is -2.10. The maximum atomic E-state index is 13.0. The number of H-pyrrole nitrogens is 1. The lowest BCUT2D eigenvalue weighted by Gasteiger charge is -2.07. The van der Waals surface area contributed by atoms with Crippen LogP contribution >= 0.6 is 0 Å².